The Morgan fingerprint density at radius 1 is 0.738 bits per heavy atom. The van der Waals surface area contributed by atoms with E-state index in [2.05, 4.69) is 25.7 Å². The lowest BCUT2D eigenvalue weighted by atomic mass is 9.90. The van der Waals surface area contributed by atoms with Crippen LogP contribution in [0.1, 0.15) is 54.9 Å². The maximum absolute atomic E-state index is 13.2. The monoisotopic (exact) mass is 1120 g/mol. The van der Waals surface area contributed by atoms with Gasteiger partial charge in [0.15, 0.2) is 11.9 Å². The van der Waals surface area contributed by atoms with Gasteiger partial charge >= 0.3 is 17.9 Å². The Kier molecular flexibility index (Phi) is 17.6. The minimum Gasteiger partial charge on any atom is -0.508 e. The summed E-state index contributed by atoms with van der Waals surface area (Å²) < 4.78 is 42.1. The van der Waals surface area contributed by atoms with Gasteiger partial charge in [0.1, 0.15) is 30.8 Å². The number of phenols is 2. The van der Waals surface area contributed by atoms with Crippen molar-refractivity contribution in [1.29, 1.82) is 0 Å². The molecule has 2 spiro atoms. The fourth-order valence-corrected chi connectivity index (χ4v) is 11.7. The number of aromatic nitrogens is 3. The highest BCUT2D eigenvalue weighted by Gasteiger charge is 2.82. The van der Waals surface area contributed by atoms with Crippen LogP contribution >= 0.6 is 0 Å². The lowest BCUT2D eigenvalue weighted by molar-refractivity contribution is -0.435. The molecule has 7 aliphatic rings. The molecule has 27 nitrogen and oxygen atoms in total. The van der Waals surface area contributed by atoms with E-state index in [4.69, 9.17) is 33.2 Å². The number of piperazine rings is 1. The molecule has 7 saturated heterocycles. The van der Waals surface area contributed by atoms with Crippen molar-refractivity contribution in [1.82, 2.24) is 59.7 Å². The number of hydrogen-bond donors (Lipinski definition) is 4. The molecule has 27 heteroatoms. The number of ether oxygens (including phenoxy) is 7. The summed E-state index contributed by atoms with van der Waals surface area (Å²) in [4.78, 5) is 91.4. The van der Waals surface area contributed by atoms with Gasteiger partial charge in [-0.15, -0.1) is 10.2 Å². The van der Waals surface area contributed by atoms with Crippen LogP contribution in [-0.4, -0.2) is 270 Å². The summed E-state index contributed by atoms with van der Waals surface area (Å²) in [6.07, 6.45) is -0.986. The molecule has 434 valence electrons. The summed E-state index contributed by atoms with van der Waals surface area (Å²) >= 11 is 0. The Balaban J connectivity index is 0.568. The number of esters is 3. The Morgan fingerprint density at radius 2 is 1.40 bits per heavy atom. The van der Waals surface area contributed by atoms with Crippen LogP contribution in [0.5, 0.6) is 11.5 Å². The number of nitrogens with zero attached hydrogens (tertiary/aromatic N) is 10. The molecule has 4 N–H and O–H groups in total. The summed E-state index contributed by atoms with van der Waals surface area (Å²) in [7, 11) is 0. The van der Waals surface area contributed by atoms with Gasteiger partial charge in [-0.05, 0) is 42.2 Å². The van der Waals surface area contributed by atoms with E-state index >= 15 is 0 Å². The van der Waals surface area contributed by atoms with Gasteiger partial charge < -0.3 is 58.9 Å². The lowest BCUT2D eigenvalue weighted by Gasteiger charge is -2.68. The van der Waals surface area contributed by atoms with E-state index in [-0.39, 0.29) is 99.8 Å². The minimum atomic E-state index is -1.42. The zero-order valence-corrected chi connectivity index (χ0v) is 45.5. The molecule has 0 radical (unpaired) electrons. The first-order chi connectivity index (χ1) is 38.7. The number of phenolic OH excluding ortho intramolecular Hbond substituents is 2. The van der Waals surface area contributed by atoms with Gasteiger partial charge in [0, 0.05) is 83.7 Å². The summed E-state index contributed by atoms with van der Waals surface area (Å²) in [5.74, 6) is -4.61. The minimum absolute atomic E-state index is 0.00892. The topological polar surface area (TPSA) is 285 Å². The second kappa shape index (κ2) is 24.8. The van der Waals surface area contributed by atoms with Crippen LogP contribution in [0.2, 0.25) is 0 Å². The van der Waals surface area contributed by atoms with E-state index < -0.39 is 47.8 Å². The third-order valence-electron chi connectivity index (χ3n) is 15.5. The largest absolute Gasteiger partial charge is 0.508 e. The Bertz CT molecular complexity index is 2760. The van der Waals surface area contributed by atoms with Gasteiger partial charge in [-0.25, -0.2) is 9.80 Å². The molecule has 3 aromatic rings. The molecule has 7 fully saturated rings. The molecular weight excluding hydrogens is 1040 g/mol. The Morgan fingerprint density at radius 3 is 2.11 bits per heavy atom. The van der Waals surface area contributed by atoms with Gasteiger partial charge in [0.2, 0.25) is 23.5 Å². The quantitative estimate of drug-likeness (QED) is 0.0459. The van der Waals surface area contributed by atoms with Crippen LogP contribution in [0.4, 0.5) is 0 Å². The van der Waals surface area contributed by atoms with Crippen molar-refractivity contribution >= 4 is 35.6 Å². The molecule has 0 aliphatic carbocycles. The number of hydrogen-bond acceptors (Lipinski definition) is 23. The van der Waals surface area contributed by atoms with Gasteiger partial charge in [0.05, 0.1) is 84.5 Å². The molecule has 3 amide bonds. The van der Waals surface area contributed by atoms with E-state index in [1.54, 1.807) is 10.6 Å². The van der Waals surface area contributed by atoms with Crippen molar-refractivity contribution in [2.45, 2.75) is 63.6 Å². The number of amides is 3. The van der Waals surface area contributed by atoms with Gasteiger partial charge in [-0.3, -0.25) is 48.0 Å². The molecule has 2 aromatic carbocycles. The van der Waals surface area contributed by atoms with Crippen molar-refractivity contribution in [3.8, 4) is 28.6 Å². The molecule has 0 saturated carbocycles. The van der Waals surface area contributed by atoms with E-state index in [1.165, 1.54) is 6.07 Å². The number of aromatic hydroxyl groups is 2. The lowest BCUT2D eigenvalue weighted by Crippen LogP contribution is -2.93. The van der Waals surface area contributed by atoms with Crippen LogP contribution in [-0.2, 0) is 63.7 Å². The standard InChI is InChI=1S/C53H72N12O15/c1-4-54-50(73)49-57-56-48(39-27-38(35(2)3)40(66)28-41(39)67)64(49)37-7-5-36(6-8-37)29-58-11-14-60(15-12-58)43(69)9-19-74-21-23-76-25-26-77-24-22-75-20-10-55-42(68)30-59-13-17-63-33-46(72)80-53(63)47-51-61(31-44(70)78-47)16-18-62-32-45(71)79-52(62,34-59)65(51)53/h5-8,27-28,35,47,51,66-67H,4,9-26,29-34H2,1-3H3,(H,54,73)(H,55,68). The molecule has 8 heterocycles. The highest BCUT2D eigenvalue weighted by Crippen LogP contribution is 2.55. The summed E-state index contributed by atoms with van der Waals surface area (Å²) in [5.41, 5.74) is 2.63. The highest BCUT2D eigenvalue weighted by molar-refractivity contribution is 5.92. The smallest absolute Gasteiger partial charge is 0.323 e. The predicted molar refractivity (Wildman–Crippen MR) is 279 cm³/mol. The second-order valence-electron chi connectivity index (χ2n) is 21.1. The number of morpholine rings is 1. The first-order valence-corrected chi connectivity index (χ1v) is 27.5. The SMILES string of the molecule is CCNC(=O)c1nnc(-c2cc(C(C)C)c(O)cc2O)n1-c1ccc(CN2CCN(C(=O)CCOCCOCCOCCOCCNC(=O)CN3CCN4CC(=O)OC45C4OC(=O)CN6CCN7CC(=O)OC7(C3)N5C46)CC2)cc1. The van der Waals surface area contributed by atoms with Gasteiger partial charge in [-0.2, -0.15) is 4.90 Å². The second-order valence-corrected chi connectivity index (χ2v) is 21.1. The molecule has 4 atom stereocenters. The normalized spacial score (nSPS) is 24.4. The number of benzene rings is 2. The van der Waals surface area contributed by atoms with E-state index in [0.29, 0.717) is 122 Å². The summed E-state index contributed by atoms with van der Waals surface area (Å²) in [6.45, 7) is 14.0. The van der Waals surface area contributed by atoms with Crippen LogP contribution in [0.3, 0.4) is 0 Å². The summed E-state index contributed by atoms with van der Waals surface area (Å²) in [5, 5.41) is 35.5. The number of rotatable bonds is 24. The zero-order chi connectivity index (χ0) is 56.1. The van der Waals surface area contributed by atoms with E-state index in [1.807, 2.05) is 74.4 Å². The van der Waals surface area contributed by atoms with Crippen molar-refractivity contribution in [2.24, 2.45) is 0 Å². The highest BCUT2D eigenvalue weighted by atomic mass is 16.7. The fraction of sp³-hybridized carbons (Fsp3) is 0.623. The third-order valence-corrected chi connectivity index (χ3v) is 15.5. The maximum atomic E-state index is 13.2. The Hall–Kier alpha value is -6.40. The van der Waals surface area contributed by atoms with Crippen molar-refractivity contribution in [3.63, 3.8) is 0 Å². The Labute approximate surface area is 462 Å². The first-order valence-electron chi connectivity index (χ1n) is 27.5. The predicted octanol–water partition coefficient (Wildman–Crippen LogP) is -1.34. The van der Waals surface area contributed by atoms with E-state index in [9.17, 15) is 39.0 Å². The zero-order valence-electron chi connectivity index (χ0n) is 45.5. The van der Waals surface area contributed by atoms with Crippen LogP contribution in [0.25, 0.3) is 17.1 Å². The number of carbonyl (C=O) groups excluding carboxylic acids is 6. The molecule has 80 heavy (non-hydrogen) atoms. The van der Waals surface area contributed by atoms with Crippen molar-refractivity contribution < 1.29 is 72.1 Å². The van der Waals surface area contributed by atoms with Gasteiger partial charge in [-0.1, -0.05) is 26.0 Å². The average Bonchev–Trinajstić information content (AvgIpc) is 3.61. The van der Waals surface area contributed by atoms with Crippen LogP contribution in [0, 0.1) is 0 Å². The molecule has 7 aliphatic heterocycles. The van der Waals surface area contributed by atoms with Crippen LogP contribution < -0.4 is 10.6 Å². The third kappa shape index (κ3) is 11.7. The molecule has 1 aromatic heterocycles. The molecule has 4 unspecified atom stereocenters. The van der Waals surface area contributed by atoms with E-state index in [0.717, 1.165) is 5.56 Å². The molecular formula is C53H72N12O15. The number of carbonyl (C=O) groups is 6. The maximum Gasteiger partial charge on any atom is 0.323 e. The molecule has 10 rings (SSSR count). The van der Waals surface area contributed by atoms with Crippen molar-refractivity contribution in [3.05, 3.63) is 53.3 Å². The van der Waals surface area contributed by atoms with Crippen LogP contribution in [0.15, 0.2) is 36.4 Å². The average molecular weight is 1120 g/mol. The molecule has 0 bridgehead atoms. The summed E-state index contributed by atoms with van der Waals surface area (Å²) in [6, 6.07) is 10.7. The fourth-order valence-electron chi connectivity index (χ4n) is 11.7. The van der Waals surface area contributed by atoms with Gasteiger partial charge in [0.25, 0.3) is 11.8 Å². The number of nitrogens with one attached hydrogen (secondary N) is 2. The first kappa shape index (κ1) is 56.9. The van der Waals surface area contributed by atoms with Crippen molar-refractivity contribution in [2.75, 3.05) is 151 Å².